The third kappa shape index (κ3) is 3.07. The second-order valence-corrected chi connectivity index (χ2v) is 7.11. The molecule has 19 heavy (non-hydrogen) atoms. The Morgan fingerprint density at radius 2 is 1.84 bits per heavy atom. The van der Waals surface area contributed by atoms with Gasteiger partial charge in [-0.3, -0.25) is 0 Å². The Kier molecular flexibility index (Phi) is 4.12. The Morgan fingerprint density at radius 3 is 2.42 bits per heavy atom. The highest BCUT2D eigenvalue weighted by Gasteiger charge is 2.19. The number of nitrogens with one attached hydrogen (secondary N) is 1. The van der Waals surface area contributed by atoms with Gasteiger partial charge in [0.1, 0.15) is 0 Å². The fraction of sp³-hybridized carbons (Fsp3) is 0.412. The van der Waals surface area contributed by atoms with Gasteiger partial charge in [-0.2, -0.15) is 0 Å². The van der Waals surface area contributed by atoms with Crippen molar-refractivity contribution >= 4 is 11.3 Å². The highest BCUT2D eigenvalue weighted by molar-refractivity contribution is 7.15. The lowest BCUT2D eigenvalue weighted by molar-refractivity contribution is 0.603. The first-order valence-electron chi connectivity index (χ1n) is 6.77. The van der Waals surface area contributed by atoms with E-state index in [4.69, 9.17) is 0 Å². The Bertz CT molecular complexity index is 561. The third-order valence-electron chi connectivity index (χ3n) is 3.29. The van der Waals surface area contributed by atoms with E-state index in [0.717, 1.165) is 6.54 Å². The van der Waals surface area contributed by atoms with Crippen LogP contribution in [0.5, 0.6) is 0 Å². The van der Waals surface area contributed by atoms with Gasteiger partial charge in [-0.25, -0.2) is 0 Å². The van der Waals surface area contributed by atoms with Crippen molar-refractivity contribution in [2.75, 3.05) is 7.05 Å². The smallest absolute Gasteiger partial charge is 0.0378 e. The molecule has 0 saturated heterocycles. The minimum Gasteiger partial charge on any atom is -0.316 e. The van der Waals surface area contributed by atoms with Crippen LogP contribution < -0.4 is 5.32 Å². The van der Waals surface area contributed by atoms with E-state index in [1.165, 1.54) is 26.4 Å². The van der Waals surface area contributed by atoms with E-state index < -0.39 is 0 Å². The summed E-state index contributed by atoms with van der Waals surface area (Å²) in [5, 5.41) is 3.26. The fourth-order valence-electron chi connectivity index (χ4n) is 2.21. The molecular weight excluding hydrogens is 250 g/mol. The summed E-state index contributed by atoms with van der Waals surface area (Å²) in [7, 11) is 2.00. The Morgan fingerprint density at radius 1 is 1.16 bits per heavy atom. The van der Waals surface area contributed by atoms with Crippen LogP contribution in [-0.2, 0) is 12.0 Å². The molecule has 1 aromatic carbocycles. The molecule has 102 valence electrons. The molecule has 1 N–H and O–H groups in total. The predicted molar refractivity (Wildman–Crippen MR) is 86.0 cm³/mol. The Labute approximate surface area is 120 Å². The molecule has 2 heteroatoms. The van der Waals surface area contributed by atoms with Gasteiger partial charge in [0.25, 0.3) is 0 Å². The highest BCUT2D eigenvalue weighted by Crippen LogP contribution is 2.39. The van der Waals surface area contributed by atoms with E-state index in [1.807, 2.05) is 18.4 Å². The van der Waals surface area contributed by atoms with Crippen LogP contribution in [0.3, 0.4) is 0 Å². The first kappa shape index (κ1) is 14.3. The molecule has 0 aliphatic carbocycles. The largest absolute Gasteiger partial charge is 0.316 e. The van der Waals surface area contributed by atoms with Crippen molar-refractivity contribution in [2.24, 2.45) is 0 Å². The Hall–Kier alpha value is -1.12. The van der Waals surface area contributed by atoms with Crippen molar-refractivity contribution in [3.05, 3.63) is 46.3 Å². The molecule has 0 unspecified atom stereocenters. The van der Waals surface area contributed by atoms with Crippen LogP contribution in [0.1, 0.15) is 36.8 Å². The van der Waals surface area contributed by atoms with Gasteiger partial charge in [0.05, 0.1) is 0 Å². The van der Waals surface area contributed by atoms with E-state index in [0.29, 0.717) is 0 Å². The molecule has 0 saturated carbocycles. The molecule has 0 bridgehead atoms. The quantitative estimate of drug-likeness (QED) is 0.851. The van der Waals surface area contributed by atoms with Gasteiger partial charge >= 0.3 is 0 Å². The van der Waals surface area contributed by atoms with Crippen LogP contribution in [0, 0.1) is 6.92 Å². The number of thiophene rings is 1. The topological polar surface area (TPSA) is 12.0 Å². The molecule has 1 nitrogen and oxygen atoms in total. The van der Waals surface area contributed by atoms with Gasteiger partial charge < -0.3 is 5.32 Å². The predicted octanol–water partition coefficient (Wildman–Crippen LogP) is 4.74. The Balaban J connectivity index is 2.50. The van der Waals surface area contributed by atoms with Crippen molar-refractivity contribution in [1.29, 1.82) is 0 Å². The van der Waals surface area contributed by atoms with Crippen LogP contribution in [0.25, 0.3) is 10.4 Å². The first-order valence-corrected chi connectivity index (χ1v) is 7.59. The van der Waals surface area contributed by atoms with Crippen LogP contribution >= 0.6 is 11.3 Å². The lowest BCUT2D eigenvalue weighted by atomic mass is 9.94. The van der Waals surface area contributed by atoms with Crippen LogP contribution in [0.2, 0.25) is 0 Å². The number of rotatable bonds is 3. The summed E-state index contributed by atoms with van der Waals surface area (Å²) in [4.78, 5) is 2.87. The van der Waals surface area contributed by atoms with E-state index in [2.05, 4.69) is 63.3 Å². The standard InChI is InChI=1S/C17H23NS/c1-12-10-15(17(2,3)4)19-16(12)14-9-7-6-8-13(14)11-18-5/h6-10,18H,11H2,1-5H3. The zero-order chi connectivity index (χ0) is 14.0. The average molecular weight is 273 g/mol. The van der Waals surface area contributed by atoms with E-state index >= 15 is 0 Å². The molecule has 0 amide bonds. The van der Waals surface area contributed by atoms with Crippen molar-refractivity contribution in [3.8, 4) is 10.4 Å². The number of hydrogen-bond donors (Lipinski definition) is 1. The minimum atomic E-state index is 0.228. The molecule has 1 aromatic heterocycles. The maximum absolute atomic E-state index is 3.26. The number of aryl methyl sites for hydroxylation is 1. The molecule has 0 radical (unpaired) electrons. The zero-order valence-electron chi connectivity index (χ0n) is 12.5. The van der Waals surface area contributed by atoms with Crippen LogP contribution in [0.4, 0.5) is 0 Å². The SMILES string of the molecule is CNCc1ccccc1-c1sc(C(C)(C)C)cc1C. The number of hydrogen-bond acceptors (Lipinski definition) is 2. The van der Waals surface area contributed by atoms with Gasteiger partial charge in [0, 0.05) is 16.3 Å². The van der Waals surface area contributed by atoms with Crippen LogP contribution in [0.15, 0.2) is 30.3 Å². The van der Waals surface area contributed by atoms with Gasteiger partial charge in [-0.15, -0.1) is 11.3 Å². The molecule has 0 aliphatic rings. The minimum absolute atomic E-state index is 0.228. The fourth-order valence-corrected chi connectivity index (χ4v) is 3.50. The first-order chi connectivity index (χ1) is 8.93. The van der Waals surface area contributed by atoms with E-state index in [9.17, 15) is 0 Å². The lowest BCUT2D eigenvalue weighted by Crippen LogP contribution is -2.07. The second-order valence-electron chi connectivity index (χ2n) is 6.06. The summed E-state index contributed by atoms with van der Waals surface area (Å²) in [6.45, 7) is 9.97. The van der Waals surface area contributed by atoms with Crippen molar-refractivity contribution in [1.82, 2.24) is 5.32 Å². The maximum Gasteiger partial charge on any atom is 0.0378 e. The lowest BCUT2D eigenvalue weighted by Gasteiger charge is -2.15. The van der Waals surface area contributed by atoms with Crippen LogP contribution in [-0.4, -0.2) is 7.05 Å². The molecule has 2 rings (SSSR count). The number of benzene rings is 1. The van der Waals surface area contributed by atoms with Gasteiger partial charge in [-0.1, -0.05) is 45.0 Å². The summed E-state index contributed by atoms with van der Waals surface area (Å²) in [6, 6.07) is 11.0. The molecular formula is C17H23NS. The molecule has 1 heterocycles. The average Bonchev–Trinajstić information content (AvgIpc) is 2.72. The molecule has 0 atom stereocenters. The summed E-state index contributed by atoms with van der Waals surface area (Å²) >= 11 is 1.93. The van der Waals surface area contributed by atoms with Crippen molar-refractivity contribution < 1.29 is 0 Å². The second kappa shape index (κ2) is 5.48. The third-order valence-corrected chi connectivity index (χ3v) is 4.98. The van der Waals surface area contributed by atoms with Gasteiger partial charge in [0.2, 0.25) is 0 Å². The van der Waals surface area contributed by atoms with Crippen molar-refractivity contribution in [3.63, 3.8) is 0 Å². The molecule has 0 aliphatic heterocycles. The van der Waals surface area contributed by atoms with E-state index in [-0.39, 0.29) is 5.41 Å². The van der Waals surface area contributed by atoms with Gasteiger partial charge in [-0.05, 0) is 42.1 Å². The van der Waals surface area contributed by atoms with E-state index in [1.54, 1.807) is 0 Å². The molecule has 0 spiro atoms. The summed E-state index contributed by atoms with van der Waals surface area (Å²) in [6.07, 6.45) is 0. The highest BCUT2D eigenvalue weighted by atomic mass is 32.1. The summed E-state index contributed by atoms with van der Waals surface area (Å²) < 4.78 is 0. The monoisotopic (exact) mass is 273 g/mol. The maximum atomic E-state index is 3.26. The summed E-state index contributed by atoms with van der Waals surface area (Å²) in [5.74, 6) is 0. The zero-order valence-corrected chi connectivity index (χ0v) is 13.3. The molecule has 0 fully saturated rings. The van der Waals surface area contributed by atoms with Crippen molar-refractivity contribution in [2.45, 2.75) is 39.7 Å². The molecule has 2 aromatic rings. The normalized spacial score (nSPS) is 11.8. The summed E-state index contributed by atoms with van der Waals surface area (Å²) in [5.41, 5.74) is 4.36. The van der Waals surface area contributed by atoms with Gasteiger partial charge in [0.15, 0.2) is 0 Å².